The number of ether oxygens (including phenoxy) is 1. The van der Waals surface area contributed by atoms with Crippen molar-refractivity contribution < 1.29 is 9.53 Å². The van der Waals surface area contributed by atoms with E-state index in [0.29, 0.717) is 28.5 Å². The zero-order valence-electron chi connectivity index (χ0n) is 20.7. The molecule has 2 aromatic carbocycles. The molecular formula is C26H30N8O2. The molecule has 1 aliphatic rings. The van der Waals surface area contributed by atoms with Crippen molar-refractivity contribution in [3.63, 3.8) is 0 Å². The minimum absolute atomic E-state index is 0.219. The number of carbonyl (C=O) groups is 1. The second kappa shape index (κ2) is 9.82. The smallest absolute Gasteiger partial charge is 0.255 e. The lowest BCUT2D eigenvalue weighted by Crippen LogP contribution is -2.30. The first-order valence-corrected chi connectivity index (χ1v) is 11.9. The van der Waals surface area contributed by atoms with Gasteiger partial charge in [0.05, 0.1) is 24.2 Å². The number of fused-ring (bicyclic) bond motifs is 1. The Morgan fingerprint density at radius 1 is 1.17 bits per heavy atom. The van der Waals surface area contributed by atoms with Crippen LogP contribution in [-0.4, -0.2) is 60.0 Å². The maximum Gasteiger partial charge on any atom is 0.255 e. The molecule has 4 N–H and O–H groups in total. The molecule has 0 saturated carbocycles. The highest BCUT2D eigenvalue weighted by Crippen LogP contribution is 2.37. The number of carbonyl (C=O) groups excluding carboxylic acids is 1. The van der Waals surface area contributed by atoms with Crippen LogP contribution in [0.3, 0.4) is 0 Å². The van der Waals surface area contributed by atoms with Crippen LogP contribution >= 0.6 is 0 Å². The van der Waals surface area contributed by atoms with Gasteiger partial charge in [0.25, 0.3) is 5.91 Å². The van der Waals surface area contributed by atoms with Crippen LogP contribution in [0.5, 0.6) is 5.75 Å². The molecule has 186 valence electrons. The number of methoxy groups -OCH3 is 1. The zero-order chi connectivity index (χ0) is 25.2. The van der Waals surface area contributed by atoms with E-state index in [0.717, 1.165) is 48.2 Å². The van der Waals surface area contributed by atoms with Crippen molar-refractivity contribution in [2.75, 3.05) is 50.2 Å². The Bertz CT molecular complexity index is 1410. The second-order valence-electron chi connectivity index (χ2n) is 9.05. The topological polar surface area (TPSA) is 123 Å². The Labute approximate surface area is 209 Å². The molecule has 0 bridgehead atoms. The molecule has 0 radical (unpaired) electrons. The molecular weight excluding hydrogens is 456 g/mol. The fraction of sp³-hybridized carbons (Fsp3) is 0.308. The van der Waals surface area contributed by atoms with Gasteiger partial charge < -0.3 is 26.0 Å². The molecule has 1 amide bonds. The molecule has 10 nitrogen and oxygen atoms in total. The summed E-state index contributed by atoms with van der Waals surface area (Å²) < 4.78 is 7.62. The molecule has 4 aromatic rings. The van der Waals surface area contributed by atoms with Gasteiger partial charge in [-0.1, -0.05) is 12.1 Å². The van der Waals surface area contributed by atoms with Crippen molar-refractivity contribution in [1.82, 2.24) is 25.1 Å². The first-order chi connectivity index (χ1) is 17.5. The van der Waals surface area contributed by atoms with Crippen molar-refractivity contribution in [2.45, 2.75) is 18.9 Å². The highest BCUT2D eigenvalue weighted by atomic mass is 16.5. The van der Waals surface area contributed by atoms with Crippen LogP contribution in [0.4, 0.5) is 17.2 Å². The average Bonchev–Trinajstić information content (AvgIpc) is 3.30. The van der Waals surface area contributed by atoms with Crippen LogP contribution in [0, 0.1) is 0 Å². The van der Waals surface area contributed by atoms with Crippen molar-refractivity contribution in [1.29, 1.82) is 0 Å². The van der Waals surface area contributed by atoms with Crippen LogP contribution < -0.4 is 26.0 Å². The lowest BCUT2D eigenvalue weighted by molar-refractivity contribution is 0.102. The number of hydrogen-bond donors (Lipinski definition) is 3. The number of rotatable bonds is 6. The SMILES string of the molecule is COc1cc(-c2nn(C3CCNCC3)c3ncnc(N)c23)ccc1NC(=O)c1cccc(N(C)C)c1. The van der Waals surface area contributed by atoms with E-state index in [1.165, 1.54) is 6.33 Å². The summed E-state index contributed by atoms with van der Waals surface area (Å²) in [6.45, 7) is 1.86. The van der Waals surface area contributed by atoms with E-state index in [1.807, 2.05) is 60.1 Å². The molecule has 0 spiro atoms. The predicted molar refractivity (Wildman–Crippen MR) is 142 cm³/mol. The lowest BCUT2D eigenvalue weighted by Gasteiger charge is -2.23. The maximum atomic E-state index is 13.0. The molecule has 1 aliphatic heterocycles. The third kappa shape index (κ3) is 4.42. The van der Waals surface area contributed by atoms with E-state index in [-0.39, 0.29) is 11.9 Å². The minimum Gasteiger partial charge on any atom is -0.495 e. The number of benzene rings is 2. The summed E-state index contributed by atoms with van der Waals surface area (Å²) in [6.07, 6.45) is 3.40. The fourth-order valence-corrected chi connectivity index (χ4v) is 4.56. The normalized spacial score (nSPS) is 14.1. The number of nitrogens with zero attached hydrogens (tertiary/aromatic N) is 5. The van der Waals surface area contributed by atoms with Crippen LogP contribution in [0.1, 0.15) is 29.2 Å². The molecule has 2 aromatic heterocycles. The van der Waals surface area contributed by atoms with Gasteiger partial charge in [0.1, 0.15) is 23.6 Å². The summed E-state index contributed by atoms with van der Waals surface area (Å²) in [5.74, 6) is 0.680. The van der Waals surface area contributed by atoms with E-state index in [2.05, 4.69) is 20.6 Å². The first-order valence-electron chi connectivity index (χ1n) is 11.9. The molecule has 3 heterocycles. The van der Waals surface area contributed by atoms with Gasteiger partial charge in [0.2, 0.25) is 0 Å². The number of nitrogens with two attached hydrogens (primary N) is 1. The van der Waals surface area contributed by atoms with Gasteiger partial charge in [-0.3, -0.25) is 4.79 Å². The summed E-state index contributed by atoms with van der Waals surface area (Å²) in [6, 6.07) is 13.2. The van der Waals surface area contributed by atoms with Gasteiger partial charge >= 0.3 is 0 Å². The Kier molecular flexibility index (Phi) is 6.43. The van der Waals surface area contributed by atoms with Crippen LogP contribution in [0.2, 0.25) is 0 Å². The summed E-state index contributed by atoms with van der Waals surface area (Å²) in [5, 5.41) is 12.0. The molecule has 0 atom stereocenters. The maximum absolute atomic E-state index is 13.0. The summed E-state index contributed by atoms with van der Waals surface area (Å²) in [7, 11) is 5.45. The van der Waals surface area contributed by atoms with Crippen molar-refractivity contribution in [3.05, 3.63) is 54.4 Å². The van der Waals surface area contributed by atoms with Gasteiger partial charge in [0, 0.05) is 30.9 Å². The van der Waals surface area contributed by atoms with Crippen molar-refractivity contribution in [2.24, 2.45) is 0 Å². The number of anilines is 3. The molecule has 1 saturated heterocycles. The Morgan fingerprint density at radius 2 is 1.97 bits per heavy atom. The van der Waals surface area contributed by atoms with Crippen molar-refractivity contribution in [3.8, 4) is 17.0 Å². The van der Waals surface area contributed by atoms with Crippen LogP contribution in [-0.2, 0) is 0 Å². The average molecular weight is 487 g/mol. The van der Waals surface area contributed by atoms with Gasteiger partial charge in [-0.2, -0.15) is 5.10 Å². The number of nitrogens with one attached hydrogen (secondary N) is 2. The standard InChI is InChI=1S/C26H30N8O2/c1-33(2)19-6-4-5-17(13-19)26(35)31-20-8-7-16(14-21(20)36-3)23-22-24(27)29-15-30-25(22)34(32-23)18-9-11-28-12-10-18/h4-8,13-15,18,28H,9-12H2,1-3H3,(H,31,35)(H2,27,29,30). The first kappa shape index (κ1) is 23.6. The molecule has 0 unspecified atom stereocenters. The van der Waals surface area contributed by atoms with Crippen molar-refractivity contribution >= 4 is 34.1 Å². The van der Waals surface area contributed by atoms with Gasteiger partial charge in [-0.15, -0.1) is 0 Å². The number of nitrogen functional groups attached to an aromatic ring is 1. The highest BCUT2D eigenvalue weighted by molar-refractivity contribution is 6.06. The number of piperidine rings is 1. The largest absolute Gasteiger partial charge is 0.495 e. The van der Waals surface area contributed by atoms with E-state index in [9.17, 15) is 4.79 Å². The number of amides is 1. The molecule has 10 heteroatoms. The fourth-order valence-electron chi connectivity index (χ4n) is 4.56. The van der Waals surface area contributed by atoms with E-state index in [1.54, 1.807) is 13.2 Å². The molecule has 36 heavy (non-hydrogen) atoms. The molecule has 0 aliphatic carbocycles. The third-order valence-corrected chi connectivity index (χ3v) is 6.52. The van der Waals surface area contributed by atoms with Crippen LogP contribution in [0.15, 0.2) is 48.8 Å². The van der Waals surface area contributed by atoms with Crippen LogP contribution in [0.25, 0.3) is 22.3 Å². The minimum atomic E-state index is -0.219. The summed E-state index contributed by atoms with van der Waals surface area (Å²) in [4.78, 5) is 23.7. The molecule has 5 rings (SSSR count). The molecule has 1 fully saturated rings. The third-order valence-electron chi connectivity index (χ3n) is 6.52. The highest BCUT2D eigenvalue weighted by Gasteiger charge is 2.24. The second-order valence-corrected chi connectivity index (χ2v) is 9.05. The van der Waals surface area contributed by atoms with Gasteiger partial charge in [0.15, 0.2) is 5.65 Å². The monoisotopic (exact) mass is 486 g/mol. The predicted octanol–water partition coefficient (Wildman–Crippen LogP) is 3.33. The zero-order valence-corrected chi connectivity index (χ0v) is 20.7. The van der Waals surface area contributed by atoms with E-state index >= 15 is 0 Å². The summed E-state index contributed by atoms with van der Waals surface area (Å²) in [5.41, 5.74) is 10.6. The quantitative estimate of drug-likeness (QED) is 0.379. The Balaban J connectivity index is 1.50. The Hall–Kier alpha value is -4.18. The van der Waals surface area contributed by atoms with Gasteiger partial charge in [-0.05, 0) is 56.3 Å². The van der Waals surface area contributed by atoms with Gasteiger partial charge in [-0.25, -0.2) is 14.6 Å². The van der Waals surface area contributed by atoms with E-state index in [4.69, 9.17) is 15.6 Å². The number of hydrogen-bond acceptors (Lipinski definition) is 8. The lowest BCUT2D eigenvalue weighted by atomic mass is 10.1. The Morgan fingerprint density at radius 3 is 2.72 bits per heavy atom. The number of aromatic nitrogens is 4. The van der Waals surface area contributed by atoms with E-state index < -0.39 is 0 Å². The summed E-state index contributed by atoms with van der Waals surface area (Å²) >= 11 is 0.